The molecule has 1 aromatic heterocycles. The molecule has 0 spiro atoms. The summed E-state index contributed by atoms with van der Waals surface area (Å²) in [5.41, 5.74) is 2.15. The molecule has 1 aliphatic heterocycles. The number of rotatable bonds is 3. The Kier molecular flexibility index (Phi) is 3.94. The Labute approximate surface area is 139 Å². The zero-order valence-corrected chi connectivity index (χ0v) is 13.3. The minimum absolute atomic E-state index is 0.0571. The molecule has 0 aliphatic carbocycles. The van der Waals surface area contributed by atoms with Crippen LogP contribution in [0, 0.1) is 5.82 Å². The standard InChI is InChI=1S/C19H19FN2O2/c20-16-8-2-1-6-14(16)12-21-11-5-7-15(13-21)22-17-9-3-4-10-18(17)24-19(22)23/h1-4,6,8-10,15H,5,7,11-13H2. The normalized spacial score (nSPS) is 19.0. The zero-order chi connectivity index (χ0) is 16.5. The lowest BCUT2D eigenvalue weighted by molar-refractivity contribution is 0.166. The van der Waals surface area contributed by atoms with Crippen molar-refractivity contribution in [1.29, 1.82) is 0 Å². The first-order chi connectivity index (χ1) is 11.7. The molecule has 2 aromatic carbocycles. The second kappa shape index (κ2) is 6.24. The van der Waals surface area contributed by atoms with Crippen LogP contribution in [0.3, 0.4) is 0 Å². The number of piperidine rings is 1. The van der Waals surface area contributed by atoms with Crippen molar-refractivity contribution < 1.29 is 8.81 Å². The number of nitrogens with zero attached hydrogens (tertiary/aromatic N) is 2. The molecule has 1 unspecified atom stereocenters. The highest BCUT2D eigenvalue weighted by molar-refractivity contribution is 5.72. The molecular formula is C19H19FN2O2. The van der Waals surface area contributed by atoms with Gasteiger partial charge in [-0.1, -0.05) is 30.3 Å². The Morgan fingerprint density at radius 2 is 1.92 bits per heavy atom. The second-order valence-electron chi connectivity index (χ2n) is 6.33. The molecule has 3 aromatic rings. The van der Waals surface area contributed by atoms with E-state index in [4.69, 9.17) is 4.42 Å². The van der Waals surface area contributed by atoms with E-state index in [1.807, 2.05) is 36.4 Å². The van der Waals surface area contributed by atoms with Gasteiger partial charge in [0.05, 0.1) is 11.6 Å². The van der Waals surface area contributed by atoms with E-state index in [1.165, 1.54) is 6.07 Å². The lowest BCUT2D eigenvalue weighted by Gasteiger charge is -2.33. The van der Waals surface area contributed by atoms with Gasteiger partial charge in [-0.2, -0.15) is 0 Å². The molecule has 1 saturated heterocycles. The van der Waals surface area contributed by atoms with Crippen LogP contribution in [0.2, 0.25) is 0 Å². The summed E-state index contributed by atoms with van der Waals surface area (Å²) in [5, 5.41) is 0. The van der Waals surface area contributed by atoms with Crippen LogP contribution >= 0.6 is 0 Å². The minimum atomic E-state index is -0.311. The van der Waals surface area contributed by atoms with Crippen molar-refractivity contribution in [3.63, 3.8) is 0 Å². The number of likely N-dealkylation sites (tertiary alicyclic amines) is 1. The van der Waals surface area contributed by atoms with E-state index in [2.05, 4.69) is 4.90 Å². The van der Waals surface area contributed by atoms with Gasteiger partial charge in [-0.3, -0.25) is 9.47 Å². The first kappa shape index (κ1) is 15.1. The van der Waals surface area contributed by atoms with Gasteiger partial charge in [-0.05, 0) is 37.6 Å². The highest BCUT2D eigenvalue weighted by Gasteiger charge is 2.25. The summed E-state index contributed by atoms with van der Waals surface area (Å²) in [5.74, 6) is -0.487. The fourth-order valence-corrected chi connectivity index (χ4v) is 3.58. The Hall–Kier alpha value is -2.40. The van der Waals surface area contributed by atoms with Gasteiger partial charge >= 0.3 is 5.76 Å². The van der Waals surface area contributed by atoms with Gasteiger partial charge in [-0.15, -0.1) is 0 Å². The number of oxazole rings is 1. The van der Waals surface area contributed by atoms with E-state index in [0.29, 0.717) is 17.7 Å². The lowest BCUT2D eigenvalue weighted by Crippen LogP contribution is -2.38. The summed E-state index contributed by atoms with van der Waals surface area (Å²) in [6, 6.07) is 14.4. The molecule has 24 heavy (non-hydrogen) atoms. The van der Waals surface area contributed by atoms with Gasteiger partial charge < -0.3 is 4.42 Å². The van der Waals surface area contributed by atoms with Crippen LogP contribution in [-0.4, -0.2) is 22.6 Å². The summed E-state index contributed by atoms with van der Waals surface area (Å²) in [6.45, 7) is 2.20. The molecule has 5 heteroatoms. The molecule has 0 N–H and O–H groups in total. The van der Waals surface area contributed by atoms with E-state index in [9.17, 15) is 9.18 Å². The van der Waals surface area contributed by atoms with E-state index < -0.39 is 0 Å². The van der Waals surface area contributed by atoms with Crippen LogP contribution in [-0.2, 0) is 6.54 Å². The largest absolute Gasteiger partial charge is 0.420 e. The molecule has 4 rings (SSSR count). The van der Waals surface area contributed by atoms with Crippen LogP contribution < -0.4 is 5.76 Å². The maximum absolute atomic E-state index is 13.9. The molecule has 1 aliphatic rings. The summed E-state index contributed by atoms with van der Waals surface area (Å²) in [6.07, 6.45) is 1.91. The predicted molar refractivity (Wildman–Crippen MR) is 90.4 cm³/mol. The van der Waals surface area contributed by atoms with Crippen LogP contribution in [0.5, 0.6) is 0 Å². The van der Waals surface area contributed by atoms with Gasteiger partial charge in [-0.25, -0.2) is 9.18 Å². The Bertz CT molecular complexity index is 915. The lowest BCUT2D eigenvalue weighted by atomic mass is 10.0. The number of fused-ring (bicyclic) bond motifs is 1. The topological polar surface area (TPSA) is 38.4 Å². The highest BCUT2D eigenvalue weighted by Crippen LogP contribution is 2.26. The highest BCUT2D eigenvalue weighted by atomic mass is 19.1. The van der Waals surface area contributed by atoms with Crippen molar-refractivity contribution in [1.82, 2.24) is 9.47 Å². The predicted octanol–water partition coefficient (Wildman–Crippen LogP) is 3.57. The number of hydrogen-bond acceptors (Lipinski definition) is 3. The molecule has 1 fully saturated rings. The number of aromatic nitrogens is 1. The fourth-order valence-electron chi connectivity index (χ4n) is 3.58. The van der Waals surface area contributed by atoms with Gasteiger partial charge in [0, 0.05) is 18.7 Å². The number of hydrogen-bond donors (Lipinski definition) is 0. The van der Waals surface area contributed by atoms with Crippen LogP contribution in [0.4, 0.5) is 4.39 Å². The smallest absolute Gasteiger partial charge is 0.408 e. The third-order valence-corrected chi connectivity index (χ3v) is 4.72. The quantitative estimate of drug-likeness (QED) is 0.738. The van der Waals surface area contributed by atoms with Crippen LogP contribution in [0.15, 0.2) is 57.7 Å². The first-order valence-corrected chi connectivity index (χ1v) is 8.28. The van der Waals surface area contributed by atoms with Crippen molar-refractivity contribution in [3.8, 4) is 0 Å². The molecule has 0 amide bonds. The van der Waals surface area contributed by atoms with E-state index in [0.717, 1.165) is 31.4 Å². The molecule has 0 radical (unpaired) electrons. The number of benzene rings is 2. The Morgan fingerprint density at radius 1 is 1.12 bits per heavy atom. The molecule has 124 valence electrons. The molecular weight excluding hydrogens is 307 g/mol. The van der Waals surface area contributed by atoms with Crippen LogP contribution in [0.25, 0.3) is 11.1 Å². The molecule has 0 saturated carbocycles. The molecule has 4 nitrogen and oxygen atoms in total. The van der Waals surface area contributed by atoms with Crippen molar-refractivity contribution in [2.45, 2.75) is 25.4 Å². The van der Waals surface area contributed by atoms with Gasteiger partial charge in [0.1, 0.15) is 5.82 Å². The Balaban J connectivity index is 1.60. The SMILES string of the molecule is O=c1oc2ccccc2n1C1CCCN(Cc2ccccc2F)C1. The monoisotopic (exact) mass is 326 g/mol. The fraction of sp³-hybridized carbons (Fsp3) is 0.316. The average molecular weight is 326 g/mol. The van der Waals surface area contributed by atoms with Crippen molar-refractivity contribution in [2.75, 3.05) is 13.1 Å². The third kappa shape index (κ3) is 2.76. The van der Waals surface area contributed by atoms with Crippen molar-refractivity contribution in [2.24, 2.45) is 0 Å². The summed E-state index contributed by atoms with van der Waals surface area (Å²) in [7, 11) is 0. The minimum Gasteiger partial charge on any atom is -0.408 e. The number of halogens is 1. The second-order valence-corrected chi connectivity index (χ2v) is 6.33. The maximum atomic E-state index is 13.9. The van der Waals surface area contributed by atoms with E-state index in [1.54, 1.807) is 10.6 Å². The van der Waals surface area contributed by atoms with Gasteiger partial charge in [0.25, 0.3) is 0 Å². The summed E-state index contributed by atoms with van der Waals surface area (Å²) >= 11 is 0. The third-order valence-electron chi connectivity index (χ3n) is 4.72. The first-order valence-electron chi connectivity index (χ1n) is 8.28. The van der Waals surface area contributed by atoms with E-state index >= 15 is 0 Å². The molecule has 1 atom stereocenters. The maximum Gasteiger partial charge on any atom is 0.420 e. The number of para-hydroxylation sites is 2. The Morgan fingerprint density at radius 3 is 2.79 bits per heavy atom. The summed E-state index contributed by atoms with van der Waals surface area (Å²) in [4.78, 5) is 14.5. The van der Waals surface area contributed by atoms with E-state index in [-0.39, 0.29) is 17.6 Å². The molecule has 2 heterocycles. The molecule has 0 bridgehead atoms. The average Bonchev–Trinajstić information content (AvgIpc) is 2.93. The van der Waals surface area contributed by atoms with Crippen molar-refractivity contribution in [3.05, 3.63) is 70.5 Å². The van der Waals surface area contributed by atoms with Gasteiger partial charge in [0.15, 0.2) is 5.58 Å². The van der Waals surface area contributed by atoms with Gasteiger partial charge in [0.2, 0.25) is 0 Å². The van der Waals surface area contributed by atoms with Crippen LogP contribution in [0.1, 0.15) is 24.4 Å². The zero-order valence-electron chi connectivity index (χ0n) is 13.3. The van der Waals surface area contributed by atoms with Crippen molar-refractivity contribution >= 4 is 11.1 Å². The summed E-state index contributed by atoms with van der Waals surface area (Å²) < 4.78 is 21.0.